The van der Waals surface area contributed by atoms with Crippen LogP contribution in [-0.4, -0.2) is 50.3 Å². The zero-order valence-corrected chi connectivity index (χ0v) is 21.1. The van der Waals surface area contributed by atoms with Crippen LogP contribution in [0.1, 0.15) is 72.1 Å². The first-order valence-electron chi connectivity index (χ1n) is 11.1. The summed E-state index contributed by atoms with van der Waals surface area (Å²) in [7, 11) is 0. The lowest BCUT2D eigenvalue weighted by atomic mass is 9.64. The molecule has 1 saturated carbocycles. The van der Waals surface area contributed by atoms with Crippen molar-refractivity contribution >= 4 is 50.1 Å². The second kappa shape index (κ2) is 13.1. The lowest BCUT2D eigenvalue weighted by molar-refractivity contribution is -0.157. The molecule has 4 atom stereocenters. The number of rotatable bonds is 15. The summed E-state index contributed by atoms with van der Waals surface area (Å²) in [5, 5.41) is 24.8. The fourth-order valence-electron chi connectivity index (χ4n) is 4.12. The van der Waals surface area contributed by atoms with Crippen LogP contribution >= 0.6 is 22.6 Å². The molecular formula is C22H35IN2O7. The van der Waals surface area contributed by atoms with E-state index < -0.39 is 41.0 Å². The molecule has 32 heavy (non-hydrogen) atoms. The highest BCUT2D eigenvalue weighted by atomic mass is 127. The average Bonchev–Trinajstić information content (AvgIpc) is 2.68. The molecule has 2 amide bonds. The van der Waals surface area contributed by atoms with Crippen LogP contribution in [0.3, 0.4) is 0 Å². The molecule has 0 aromatic carbocycles. The van der Waals surface area contributed by atoms with Gasteiger partial charge < -0.3 is 20.8 Å². The number of carboxylic acid groups (broad SMARTS) is 2. The third-order valence-corrected chi connectivity index (χ3v) is 7.09. The van der Waals surface area contributed by atoms with Gasteiger partial charge in [-0.1, -0.05) is 20.3 Å². The molecule has 0 radical (unpaired) electrons. The molecule has 0 aromatic rings. The third kappa shape index (κ3) is 8.00. The van der Waals surface area contributed by atoms with Crippen LogP contribution in [0.15, 0.2) is 0 Å². The van der Waals surface area contributed by atoms with Crippen molar-refractivity contribution in [1.82, 2.24) is 10.6 Å². The maximum Gasteiger partial charge on any atom is 0.307 e. The topological polar surface area (TPSA) is 150 Å². The molecule has 0 saturated heterocycles. The molecule has 1 aliphatic carbocycles. The number of hydrogen-bond donors (Lipinski definition) is 4. The van der Waals surface area contributed by atoms with Crippen molar-refractivity contribution in [2.24, 2.45) is 23.2 Å². The predicted octanol–water partition coefficient (Wildman–Crippen LogP) is 2.75. The van der Waals surface area contributed by atoms with Crippen molar-refractivity contribution < 1.29 is 34.2 Å². The molecule has 4 N–H and O–H groups in total. The second-order valence-electron chi connectivity index (χ2n) is 8.91. The SMILES string of the molecule is CCCC(C(=O)O)C(C)(C(=O)NC1CCC1)C(C)CCC(CC(=O)NCC(=O)I)C(=O)O. The number of carbonyl (C=O) groups excluding carboxylic acids is 3. The average molecular weight is 566 g/mol. The minimum atomic E-state index is -1.21. The Morgan fingerprint density at radius 2 is 1.69 bits per heavy atom. The van der Waals surface area contributed by atoms with Crippen LogP contribution in [0.25, 0.3) is 0 Å². The lowest BCUT2D eigenvalue weighted by Gasteiger charge is -2.41. The zero-order chi connectivity index (χ0) is 24.5. The normalized spacial score (nSPS) is 18.4. The van der Waals surface area contributed by atoms with Gasteiger partial charge in [0.25, 0.3) is 0 Å². The maximum absolute atomic E-state index is 13.2. The van der Waals surface area contributed by atoms with Crippen LogP contribution in [-0.2, 0) is 24.0 Å². The number of hydrogen-bond acceptors (Lipinski definition) is 5. The Bertz CT molecular complexity index is 710. The molecule has 1 aliphatic rings. The van der Waals surface area contributed by atoms with E-state index in [1.165, 1.54) is 0 Å². The van der Waals surface area contributed by atoms with Crippen LogP contribution in [0.5, 0.6) is 0 Å². The first-order chi connectivity index (χ1) is 14.9. The van der Waals surface area contributed by atoms with E-state index in [1.54, 1.807) is 36.4 Å². The molecule has 10 heteroatoms. The van der Waals surface area contributed by atoms with Gasteiger partial charge in [-0.25, -0.2) is 0 Å². The first kappa shape index (κ1) is 28.3. The van der Waals surface area contributed by atoms with Gasteiger partial charge in [-0.15, -0.1) is 0 Å². The number of aliphatic carboxylic acids is 2. The van der Waals surface area contributed by atoms with Crippen molar-refractivity contribution in [3.05, 3.63) is 0 Å². The number of carbonyl (C=O) groups is 5. The fraction of sp³-hybridized carbons (Fsp3) is 0.773. The van der Waals surface area contributed by atoms with Gasteiger partial charge >= 0.3 is 11.9 Å². The van der Waals surface area contributed by atoms with E-state index in [2.05, 4.69) is 10.6 Å². The highest BCUT2D eigenvalue weighted by Gasteiger charge is 2.49. The minimum Gasteiger partial charge on any atom is -0.481 e. The number of halogens is 1. The summed E-state index contributed by atoms with van der Waals surface area (Å²) in [5.41, 5.74) is -1.21. The molecule has 1 fully saturated rings. The van der Waals surface area contributed by atoms with Gasteiger partial charge in [-0.05, 0) is 51.4 Å². The Kier molecular flexibility index (Phi) is 11.6. The molecule has 9 nitrogen and oxygen atoms in total. The Balaban J connectivity index is 2.96. The number of carboxylic acids is 2. The Morgan fingerprint density at radius 3 is 2.12 bits per heavy atom. The summed E-state index contributed by atoms with van der Waals surface area (Å²) in [6.45, 7) is 5.14. The van der Waals surface area contributed by atoms with Gasteiger partial charge in [0.1, 0.15) is 0 Å². The quantitative estimate of drug-likeness (QED) is 0.176. The number of nitrogens with one attached hydrogen (secondary N) is 2. The van der Waals surface area contributed by atoms with E-state index >= 15 is 0 Å². The number of amides is 2. The fourth-order valence-corrected chi connectivity index (χ4v) is 4.31. The van der Waals surface area contributed by atoms with Crippen molar-refractivity contribution in [2.45, 2.75) is 78.2 Å². The van der Waals surface area contributed by atoms with E-state index in [-0.39, 0.29) is 41.5 Å². The summed E-state index contributed by atoms with van der Waals surface area (Å²) in [6, 6.07) is 0.0566. The standard InChI is InChI=1S/C22H35IN2O7/c1-4-6-16(20(30)31)22(3,21(32)25-15-7-5-8-15)13(2)9-10-14(19(28)29)11-18(27)24-12-17(23)26/h13-16H,4-12H2,1-3H3,(H,24,27)(H,25,32)(H,28,29)(H,30,31). The predicted molar refractivity (Wildman–Crippen MR) is 126 cm³/mol. The first-order valence-corrected chi connectivity index (χ1v) is 12.2. The molecule has 1 rings (SSSR count). The van der Waals surface area contributed by atoms with E-state index in [0.717, 1.165) is 19.3 Å². The summed E-state index contributed by atoms with van der Waals surface area (Å²) in [6.07, 6.45) is 3.82. The van der Waals surface area contributed by atoms with Crippen molar-refractivity contribution in [3.8, 4) is 0 Å². The molecular weight excluding hydrogens is 531 g/mol. The maximum atomic E-state index is 13.2. The smallest absolute Gasteiger partial charge is 0.307 e. The second-order valence-corrected chi connectivity index (χ2v) is 10.1. The lowest BCUT2D eigenvalue weighted by Crippen LogP contribution is -2.54. The van der Waals surface area contributed by atoms with E-state index in [9.17, 15) is 34.2 Å². The Labute approximate surface area is 202 Å². The summed E-state index contributed by atoms with van der Waals surface area (Å²) < 4.78 is -0.264. The molecule has 4 unspecified atom stereocenters. The van der Waals surface area contributed by atoms with Crippen molar-refractivity contribution in [1.29, 1.82) is 0 Å². The van der Waals surface area contributed by atoms with Crippen LogP contribution in [0.2, 0.25) is 0 Å². The molecule has 182 valence electrons. The van der Waals surface area contributed by atoms with Crippen LogP contribution in [0.4, 0.5) is 0 Å². The highest BCUT2D eigenvalue weighted by molar-refractivity contribution is 14.1. The van der Waals surface area contributed by atoms with E-state index in [0.29, 0.717) is 12.8 Å². The van der Waals surface area contributed by atoms with Gasteiger partial charge in [0.15, 0.2) is 0 Å². The highest BCUT2D eigenvalue weighted by Crippen LogP contribution is 2.42. The minimum absolute atomic E-state index is 0.0566. The molecule has 0 bridgehead atoms. The van der Waals surface area contributed by atoms with Crippen molar-refractivity contribution in [2.75, 3.05) is 6.54 Å². The third-order valence-electron chi connectivity index (χ3n) is 6.71. The molecule has 0 aromatic heterocycles. The van der Waals surface area contributed by atoms with E-state index in [1.807, 2.05) is 6.92 Å². The Hall–Kier alpha value is -1.72. The summed E-state index contributed by atoms with van der Waals surface area (Å²) >= 11 is 1.54. The monoisotopic (exact) mass is 566 g/mol. The largest absolute Gasteiger partial charge is 0.481 e. The molecule has 0 spiro atoms. The van der Waals surface area contributed by atoms with Crippen LogP contribution in [0, 0.1) is 23.2 Å². The molecule has 0 aliphatic heterocycles. The summed E-state index contributed by atoms with van der Waals surface area (Å²) in [4.78, 5) is 60.0. The van der Waals surface area contributed by atoms with Gasteiger partial charge in [-0.3, -0.25) is 24.0 Å². The van der Waals surface area contributed by atoms with E-state index in [4.69, 9.17) is 0 Å². The summed E-state index contributed by atoms with van der Waals surface area (Å²) in [5.74, 6) is -5.33. The Morgan fingerprint density at radius 1 is 1.06 bits per heavy atom. The van der Waals surface area contributed by atoms with Gasteiger partial charge in [-0.2, -0.15) is 0 Å². The van der Waals surface area contributed by atoms with Crippen molar-refractivity contribution in [3.63, 3.8) is 0 Å². The van der Waals surface area contributed by atoms with Gasteiger partial charge in [0.2, 0.25) is 15.6 Å². The van der Waals surface area contributed by atoms with Crippen LogP contribution < -0.4 is 10.6 Å². The molecule has 0 heterocycles. The zero-order valence-electron chi connectivity index (χ0n) is 19.0. The van der Waals surface area contributed by atoms with Gasteiger partial charge in [0.05, 0.1) is 23.8 Å². The van der Waals surface area contributed by atoms with Gasteiger partial charge in [0, 0.05) is 35.1 Å².